The van der Waals surface area contributed by atoms with E-state index >= 15 is 0 Å². The molecule has 0 heterocycles. The summed E-state index contributed by atoms with van der Waals surface area (Å²) in [5.41, 5.74) is -1.09. The molecule has 5 heteroatoms. The van der Waals surface area contributed by atoms with E-state index in [0.29, 0.717) is 0 Å². The Kier molecular flexibility index (Phi) is 21.5. The Hall–Kier alpha value is 0.200. The van der Waals surface area contributed by atoms with Gasteiger partial charge in [0.15, 0.2) is 0 Å². The van der Waals surface area contributed by atoms with E-state index in [-0.39, 0.29) is 37.7 Å². The average Bonchev–Trinajstić information content (AvgIpc) is 2.56. The van der Waals surface area contributed by atoms with Crippen LogP contribution in [0.25, 0.3) is 0 Å². The largest absolute Gasteiger partial charge is 2.00 e. The van der Waals surface area contributed by atoms with Crippen molar-refractivity contribution in [3.05, 3.63) is 0 Å². The molecule has 0 saturated carbocycles. The minimum atomic E-state index is -0.849. The first-order valence-electron chi connectivity index (χ1n) is 10.7. The second-order valence-corrected chi connectivity index (χ2v) is 7.64. The van der Waals surface area contributed by atoms with E-state index < -0.39 is 22.8 Å². The molecule has 0 aromatic heterocycles. The van der Waals surface area contributed by atoms with Crippen LogP contribution in [-0.2, 0) is 9.59 Å². The monoisotopic (exact) mass is 410 g/mol. The maximum atomic E-state index is 11.1. The van der Waals surface area contributed by atoms with Crippen molar-refractivity contribution >= 4 is 49.7 Å². The van der Waals surface area contributed by atoms with E-state index in [9.17, 15) is 19.8 Å². The van der Waals surface area contributed by atoms with Gasteiger partial charge < -0.3 is 19.8 Å². The number of carbonyl (C=O) groups is 2. The second kappa shape index (κ2) is 18.2. The smallest absolute Gasteiger partial charge is 0.550 e. The fourth-order valence-electron chi connectivity index (χ4n) is 4.23. The number of rotatable bonds is 14. The number of carboxylic acid groups (broad SMARTS) is 2. The summed E-state index contributed by atoms with van der Waals surface area (Å²) in [5.74, 6) is -1.70. The molecule has 0 rings (SSSR count). The van der Waals surface area contributed by atoms with Gasteiger partial charge in [0.05, 0.1) is 0 Å². The van der Waals surface area contributed by atoms with Gasteiger partial charge in [-0.25, -0.2) is 0 Å². The van der Waals surface area contributed by atoms with Crippen molar-refractivity contribution in [3.63, 3.8) is 0 Å². The van der Waals surface area contributed by atoms with Crippen LogP contribution in [0.1, 0.15) is 119 Å². The van der Waals surface area contributed by atoms with Gasteiger partial charge in [0, 0.05) is 22.8 Å². The Labute approximate surface area is 197 Å². The summed E-state index contributed by atoms with van der Waals surface area (Å²) >= 11 is 0. The first-order chi connectivity index (χ1) is 12.3. The summed E-state index contributed by atoms with van der Waals surface area (Å²) in [6.45, 7) is 12.2. The fourth-order valence-corrected chi connectivity index (χ4v) is 4.23. The minimum absolute atomic E-state index is 0. The quantitative estimate of drug-likeness (QED) is 0.407. The second-order valence-electron chi connectivity index (χ2n) is 7.64. The third-order valence-corrected chi connectivity index (χ3v) is 5.24. The molecule has 0 aliphatic carbocycles. The van der Waals surface area contributed by atoms with Crippen LogP contribution in [-0.4, -0.2) is 49.7 Å². The maximum absolute atomic E-state index is 11.1. The molecule has 0 aromatic rings. The van der Waals surface area contributed by atoms with Crippen molar-refractivity contribution in [3.8, 4) is 0 Å². The molecule has 0 aromatic carbocycles. The van der Waals surface area contributed by atoms with Crippen LogP contribution in [0.3, 0.4) is 0 Å². The first kappa shape index (κ1) is 31.9. The topological polar surface area (TPSA) is 80.3 Å². The third-order valence-electron chi connectivity index (χ3n) is 5.24. The minimum Gasteiger partial charge on any atom is -0.550 e. The summed E-state index contributed by atoms with van der Waals surface area (Å²) in [6, 6.07) is 0. The van der Waals surface area contributed by atoms with Crippen molar-refractivity contribution < 1.29 is 19.8 Å². The van der Waals surface area contributed by atoms with Gasteiger partial charge in [-0.2, -0.15) is 0 Å². The number of hydrogen-bond donors (Lipinski definition) is 0. The number of carbonyl (C=O) groups excluding carboxylic acids is 2. The summed E-state index contributed by atoms with van der Waals surface area (Å²) in [6.07, 6.45) is 10.1. The van der Waals surface area contributed by atoms with E-state index in [1.54, 1.807) is 0 Å². The summed E-state index contributed by atoms with van der Waals surface area (Å²) in [5, 5.41) is 22.2. The molecule has 4 nitrogen and oxygen atoms in total. The van der Waals surface area contributed by atoms with Crippen LogP contribution in [0.2, 0.25) is 0 Å². The Morgan fingerprint density at radius 1 is 0.519 bits per heavy atom. The molecule has 0 saturated heterocycles. The number of aliphatic carboxylic acids is 2. The molecule has 0 N–H and O–H groups in total. The molecule has 156 valence electrons. The van der Waals surface area contributed by atoms with Gasteiger partial charge >= 0.3 is 37.7 Å². The van der Waals surface area contributed by atoms with Crippen LogP contribution in [0, 0.1) is 10.8 Å². The predicted molar refractivity (Wildman–Crippen MR) is 110 cm³/mol. The summed E-state index contributed by atoms with van der Waals surface area (Å²) < 4.78 is 0. The van der Waals surface area contributed by atoms with Crippen LogP contribution < -0.4 is 10.2 Å². The molecule has 0 bridgehead atoms. The molecular weight excluding hydrogens is 368 g/mol. The zero-order valence-electron chi connectivity index (χ0n) is 18.8. The third kappa shape index (κ3) is 11.7. The summed E-state index contributed by atoms with van der Waals surface area (Å²) in [7, 11) is 0. The molecule has 0 spiro atoms. The Bertz CT molecular complexity index is 312. The van der Waals surface area contributed by atoms with E-state index in [2.05, 4.69) is 0 Å². The van der Waals surface area contributed by atoms with Crippen molar-refractivity contribution in [1.82, 2.24) is 0 Å². The Balaban J connectivity index is -0.000000411. The van der Waals surface area contributed by atoms with E-state index in [1.165, 1.54) is 0 Å². The molecule has 0 amide bonds. The standard InChI is InChI=1S/2C11H22O2.Ca/c2*1-4-7-11(8-5-2,9-6-3)10(12)13;/h2*4-9H2,1-3H3,(H,12,13);/q;;+2/p-2. The van der Waals surface area contributed by atoms with Gasteiger partial charge in [0.2, 0.25) is 0 Å². The number of hydrogen-bond acceptors (Lipinski definition) is 4. The van der Waals surface area contributed by atoms with Crippen LogP contribution in [0.15, 0.2) is 0 Å². The van der Waals surface area contributed by atoms with Crippen LogP contribution >= 0.6 is 0 Å². The molecule has 0 aliphatic rings. The Morgan fingerprint density at radius 3 is 0.741 bits per heavy atom. The summed E-state index contributed by atoms with van der Waals surface area (Å²) in [4.78, 5) is 22.2. The van der Waals surface area contributed by atoms with Gasteiger partial charge in [-0.15, -0.1) is 0 Å². The zero-order valence-corrected chi connectivity index (χ0v) is 21.0. The van der Waals surface area contributed by atoms with Gasteiger partial charge in [0.1, 0.15) is 0 Å². The molecule has 0 unspecified atom stereocenters. The van der Waals surface area contributed by atoms with Gasteiger partial charge in [0.25, 0.3) is 0 Å². The van der Waals surface area contributed by atoms with Gasteiger partial charge in [-0.1, -0.05) is 80.1 Å². The molecule has 0 atom stereocenters. The van der Waals surface area contributed by atoms with Gasteiger partial charge in [-0.05, 0) is 38.5 Å². The predicted octanol–water partition coefficient (Wildman–Crippen LogP) is 3.87. The van der Waals surface area contributed by atoms with Gasteiger partial charge in [-0.3, -0.25) is 0 Å². The zero-order chi connectivity index (χ0) is 20.6. The SMILES string of the molecule is CCCC(CCC)(CCC)C(=O)[O-].CCCC(CCC)(CCC)C(=O)[O-].[Ca+2]. The van der Waals surface area contributed by atoms with E-state index in [1.807, 2.05) is 41.5 Å². The van der Waals surface area contributed by atoms with Crippen molar-refractivity contribution in [2.24, 2.45) is 10.8 Å². The first-order valence-corrected chi connectivity index (χ1v) is 10.7. The van der Waals surface area contributed by atoms with E-state index in [0.717, 1.165) is 77.0 Å². The van der Waals surface area contributed by atoms with Crippen molar-refractivity contribution in [2.75, 3.05) is 0 Å². The van der Waals surface area contributed by atoms with Crippen LogP contribution in [0.5, 0.6) is 0 Å². The molecule has 0 radical (unpaired) electrons. The van der Waals surface area contributed by atoms with Crippen LogP contribution in [0.4, 0.5) is 0 Å². The molecule has 27 heavy (non-hydrogen) atoms. The number of carboxylic acids is 2. The maximum Gasteiger partial charge on any atom is 2.00 e. The van der Waals surface area contributed by atoms with Crippen molar-refractivity contribution in [2.45, 2.75) is 119 Å². The van der Waals surface area contributed by atoms with E-state index in [4.69, 9.17) is 0 Å². The van der Waals surface area contributed by atoms with Crippen molar-refractivity contribution in [1.29, 1.82) is 0 Å². The molecule has 0 fully saturated rings. The molecular formula is C22H42CaO4. The normalized spacial score (nSPS) is 11.2. The molecule has 0 aliphatic heterocycles. The fraction of sp³-hybridized carbons (Fsp3) is 0.909. The Morgan fingerprint density at radius 2 is 0.667 bits per heavy atom. The average molecular weight is 411 g/mol.